The summed E-state index contributed by atoms with van der Waals surface area (Å²) >= 11 is 0. The van der Waals surface area contributed by atoms with Crippen molar-refractivity contribution in [2.75, 3.05) is 13.6 Å². The van der Waals surface area contributed by atoms with Gasteiger partial charge in [0.15, 0.2) is 0 Å². The maximum atomic E-state index is 11.9. The predicted molar refractivity (Wildman–Crippen MR) is 76.6 cm³/mol. The van der Waals surface area contributed by atoms with Crippen molar-refractivity contribution < 1.29 is 4.79 Å². The molecule has 0 saturated heterocycles. The number of carbonyl (C=O) groups is 1. The van der Waals surface area contributed by atoms with Crippen LogP contribution in [0, 0.1) is 17.2 Å². The molecule has 3 nitrogen and oxygen atoms in total. The van der Waals surface area contributed by atoms with Crippen LogP contribution in [0.5, 0.6) is 0 Å². The van der Waals surface area contributed by atoms with Crippen molar-refractivity contribution in [2.24, 2.45) is 5.92 Å². The highest BCUT2D eigenvalue weighted by molar-refractivity contribution is 5.80. The molecule has 1 aromatic carbocycles. The van der Waals surface area contributed by atoms with E-state index in [1.165, 1.54) is 11.1 Å². The Labute approximate surface area is 115 Å². The van der Waals surface area contributed by atoms with Gasteiger partial charge in [0.05, 0.1) is 6.07 Å². The lowest BCUT2D eigenvalue weighted by atomic mass is 10.1. The highest BCUT2D eigenvalue weighted by Crippen LogP contribution is 2.09. The van der Waals surface area contributed by atoms with Crippen LogP contribution in [0.3, 0.4) is 0 Å². The number of carbonyl (C=O) groups excluding carboxylic acids is 1. The Kier molecular flexibility index (Phi) is 6.08. The van der Waals surface area contributed by atoms with Crippen LogP contribution in [0.15, 0.2) is 24.3 Å². The van der Waals surface area contributed by atoms with Gasteiger partial charge in [-0.1, -0.05) is 38.1 Å². The van der Waals surface area contributed by atoms with E-state index in [0.717, 1.165) is 12.8 Å². The van der Waals surface area contributed by atoms with E-state index in [1.807, 2.05) is 6.92 Å². The fourth-order valence-electron chi connectivity index (χ4n) is 1.94. The summed E-state index contributed by atoms with van der Waals surface area (Å²) < 4.78 is 0. The summed E-state index contributed by atoms with van der Waals surface area (Å²) in [5.41, 5.74) is 2.55. The molecule has 0 heterocycles. The molecule has 102 valence electrons. The molecule has 0 radical (unpaired) electrons. The van der Waals surface area contributed by atoms with E-state index in [1.54, 1.807) is 11.9 Å². The number of hydrogen-bond acceptors (Lipinski definition) is 2. The lowest BCUT2D eigenvalue weighted by Crippen LogP contribution is -2.33. The second-order valence-corrected chi connectivity index (χ2v) is 4.77. The predicted octanol–water partition coefficient (Wildman–Crippen LogP) is 2.80. The minimum absolute atomic E-state index is 0.0739. The number of aryl methyl sites for hydroxylation is 1. The monoisotopic (exact) mass is 258 g/mol. The summed E-state index contributed by atoms with van der Waals surface area (Å²) in [6.07, 6.45) is 2.44. The molecule has 0 aliphatic heterocycles. The van der Waals surface area contributed by atoms with E-state index in [0.29, 0.717) is 13.0 Å². The average Bonchev–Trinajstić information content (AvgIpc) is 2.46. The Balaban J connectivity index is 2.51. The molecular formula is C16H22N2O. The molecule has 3 heteroatoms. The van der Waals surface area contributed by atoms with Crippen molar-refractivity contribution in [3.05, 3.63) is 35.4 Å². The third-order valence-corrected chi connectivity index (χ3v) is 3.41. The van der Waals surface area contributed by atoms with Crippen LogP contribution < -0.4 is 0 Å². The zero-order valence-corrected chi connectivity index (χ0v) is 12.0. The van der Waals surface area contributed by atoms with Gasteiger partial charge in [0.2, 0.25) is 5.91 Å². The molecule has 1 atom stereocenters. The first-order chi connectivity index (χ1) is 9.12. The van der Waals surface area contributed by atoms with Crippen LogP contribution in [-0.2, 0) is 17.6 Å². The average molecular weight is 258 g/mol. The van der Waals surface area contributed by atoms with Gasteiger partial charge in [0.1, 0.15) is 5.92 Å². The SMILES string of the molecule is CCc1ccc(CCN(C)C(=O)C(C#N)CC)cc1. The van der Waals surface area contributed by atoms with Crippen LogP contribution in [-0.4, -0.2) is 24.4 Å². The Morgan fingerprint density at radius 1 is 1.26 bits per heavy atom. The number of rotatable bonds is 6. The molecule has 0 fully saturated rings. The van der Waals surface area contributed by atoms with Crippen LogP contribution in [0.1, 0.15) is 31.4 Å². The smallest absolute Gasteiger partial charge is 0.239 e. The summed E-state index contributed by atoms with van der Waals surface area (Å²) in [4.78, 5) is 13.6. The van der Waals surface area contributed by atoms with E-state index in [4.69, 9.17) is 5.26 Å². The number of likely N-dealkylation sites (N-methyl/N-ethyl adjacent to an activating group) is 1. The van der Waals surface area contributed by atoms with Gasteiger partial charge < -0.3 is 4.90 Å². The Morgan fingerprint density at radius 3 is 2.32 bits per heavy atom. The molecular weight excluding hydrogens is 236 g/mol. The van der Waals surface area contributed by atoms with Gasteiger partial charge in [-0.2, -0.15) is 5.26 Å². The highest BCUT2D eigenvalue weighted by Gasteiger charge is 2.19. The zero-order chi connectivity index (χ0) is 14.3. The van der Waals surface area contributed by atoms with E-state index in [9.17, 15) is 4.79 Å². The molecule has 1 amide bonds. The molecule has 0 aliphatic rings. The quantitative estimate of drug-likeness (QED) is 0.787. The number of nitriles is 1. The molecule has 1 unspecified atom stereocenters. The third-order valence-electron chi connectivity index (χ3n) is 3.41. The molecule has 0 N–H and O–H groups in total. The lowest BCUT2D eigenvalue weighted by Gasteiger charge is -2.19. The summed E-state index contributed by atoms with van der Waals surface area (Å²) in [5.74, 6) is -0.581. The number of nitrogens with zero attached hydrogens (tertiary/aromatic N) is 2. The van der Waals surface area contributed by atoms with Gasteiger partial charge in [0.25, 0.3) is 0 Å². The summed E-state index contributed by atoms with van der Waals surface area (Å²) in [6, 6.07) is 10.5. The van der Waals surface area contributed by atoms with Crippen LogP contribution in [0.2, 0.25) is 0 Å². The van der Waals surface area contributed by atoms with E-state index in [-0.39, 0.29) is 5.91 Å². The van der Waals surface area contributed by atoms with Crippen molar-refractivity contribution in [1.82, 2.24) is 4.90 Å². The largest absolute Gasteiger partial charge is 0.344 e. The van der Waals surface area contributed by atoms with Gasteiger partial charge in [-0.05, 0) is 30.4 Å². The standard InChI is InChI=1S/C16H22N2O/c1-4-13-6-8-14(9-7-13)10-11-18(3)16(19)15(5-2)12-17/h6-9,15H,4-5,10-11H2,1-3H3. The van der Waals surface area contributed by atoms with E-state index in [2.05, 4.69) is 37.3 Å². The Morgan fingerprint density at radius 2 is 1.84 bits per heavy atom. The first kappa shape index (κ1) is 15.2. The molecule has 1 rings (SSSR count). The van der Waals surface area contributed by atoms with E-state index < -0.39 is 5.92 Å². The van der Waals surface area contributed by atoms with Crippen LogP contribution in [0.4, 0.5) is 0 Å². The normalized spacial score (nSPS) is 11.7. The van der Waals surface area contributed by atoms with Crippen molar-refractivity contribution in [3.63, 3.8) is 0 Å². The van der Waals surface area contributed by atoms with Crippen molar-refractivity contribution in [1.29, 1.82) is 5.26 Å². The van der Waals surface area contributed by atoms with Crippen LogP contribution >= 0.6 is 0 Å². The fourth-order valence-corrected chi connectivity index (χ4v) is 1.94. The second-order valence-electron chi connectivity index (χ2n) is 4.77. The van der Waals surface area contributed by atoms with Crippen LogP contribution in [0.25, 0.3) is 0 Å². The molecule has 0 saturated carbocycles. The summed E-state index contributed by atoms with van der Waals surface area (Å²) in [5, 5.41) is 8.89. The Hall–Kier alpha value is -1.82. The Bertz CT molecular complexity index is 445. The lowest BCUT2D eigenvalue weighted by molar-refractivity contribution is -0.132. The van der Waals surface area contributed by atoms with Gasteiger partial charge in [-0.3, -0.25) is 4.79 Å². The third kappa shape index (κ3) is 4.40. The van der Waals surface area contributed by atoms with Gasteiger partial charge >= 0.3 is 0 Å². The second kappa shape index (κ2) is 7.58. The van der Waals surface area contributed by atoms with Gasteiger partial charge in [-0.15, -0.1) is 0 Å². The minimum atomic E-state index is -0.507. The summed E-state index contributed by atoms with van der Waals surface area (Å²) in [6.45, 7) is 4.65. The maximum absolute atomic E-state index is 11.9. The molecule has 0 bridgehead atoms. The first-order valence-corrected chi connectivity index (χ1v) is 6.84. The fraction of sp³-hybridized carbons (Fsp3) is 0.500. The maximum Gasteiger partial charge on any atom is 0.239 e. The molecule has 0 spiro atoms. The molecule has 0 aromatic heterocycles. The number of hydrogen-bond donors (Lipinski definition) is 0. The molecule has 19 heavy (non-hydrogen) atoms. The van der Waals surface area contributed by atoms with Crippen molar-refractivity contribution in [2.45, 2.75) is 33.1 Å². The number of benzene rings is 1. The number of amides is 1. The zero-order valence-electron chi connectivity index (χ0n) is 12.0. The summed E-state index contributed by atoms with van der Waals surface area (Å²) in [7, 11) is 1.77. The molecule has 1 aromatic rings. The van der Waals surface area contributed by atoms with Crippen molar-refractivity contribution in [3.8, 4) is 6.07 Å². The molecule has 0 aliphatic carbocycles. The van der Waals surface area contributed by atoms with Gasteiger partial charge in [0, 0.05) is 13.6 Å². The van der Waals surface area contributed by atoms with Crippen molar-refractivity contribution >= 4 is 5.91 Å². The van der Waals surface area contributed by atoms with Gasteiger partial charge in [-0.25, -0.2) is 0 Å². The first-order valence-electron chi connectivity index (χ1n) is 6.84. The highest BCUT2D eigenvalue weighted by atomic mass is 16.2. The topological polar surface area (TPSA) is 44.1 Å². The van der Waals surface area contributed by atoms with E-state index >= 15 is 0 Å². The minimum Gasteiger partial charge on any atom is -0.344 e.